The van der Waals surface area contributed by atoms with Gasteiger partial charge in [-0.3, -0.25) is 4.79 Å². The molecule has 0 spiro atoms. The number of carbonyl (C=O) groups is 2. The summed E-state index contributed by atoms with van der Waals surface area (Å²) in [6.07, 6.45) is 4.58. The van der Waals surface area contributed by atoms with Crippen molar-refractivity contribution in [3.05, 3.63) is 0 Å². The minimum atomic E-state index is -0.801. The molecule has 1 saturated heterocycles. The van der Waals surface area contributed by atoms with Gasteiger partial charge in [-0.1, -0.05) is 26.2 Å². The predicted octanol–water partition coefficient (Wildman–Crippen LogP) is 3.67. The van der Waals surface area contributed by atoms with Gasteiger partial charge in [0.2, 0.25) is 0 Å². The Hall–Kier alpha value is -1.26. The van der Waals surface area contributed by atoms with Crippen molar-refractivity contribution < 1.29 is 19.4 Å². The van der Waals surface area contributed by atoms with Gasteiger partial charge >= 0.3 is 12.1 Å². The molecular weight excluding hydrogens is 270 g/mol. The molecule has 1 heterocycles. The van der Waals surface area contributed by atoms with Crippen molar-refractivity contribution in [2.45, 2.75) is 71.8 Å². The fourth-order valence-electron chi connectivity index (χ4n) is 2.81. The number of piperidine rings is 1. The molecule has 0 bridgehead atoms. The summed E-state index contributed by atoms with van der Waals surface area (Å²) in [5.74, 6) is -0.785. The number of rotatable bonds is 5. The highest BCUT2D eigenvalue weighted by Crippen LogP contribution is 2.36. The number of hydrogen-bond donors (Lipinski definition) is 1. The first-order valence-corrected chi connectivity index (χ1v) is 7.91. The predicted molar refractivity (Wildman–Crippen MR) is 81.3 cm³/mol. The Morgan fingerprint density at radius 2 is 1.95 bits per heavy atom. The molecule has 1 fully saturated rings. The molecule has 0 aromatic rings. The van der Waals surface area contributed by atoms with Gasteiger partial charge in [-0.15, -0.1) is 0 Å². The fraction of sp³-hybridized carbons (Fsp3) is 0.875. The third kappa shape index (κ3) is 5.21. The molecule has 1 atom stereocenters. The van der Waals surface area contributed by atoms with Crippen LogP contribution in [0.4, 0.5) is 4.79 Å². The summed E-state index contributed by atoms with van der Waals surface area (Å²) in [7, 11) is 0. The van der Waals surface area contributed by atoms with Gasteiger partial charge in [0.1, 0.15) is 5.60 Å². The number of carbonyl (C=O) groups excluding carboxylic acids is 1. The van der Waals surface area contributed by atoms with Crippen molar-refractivity contribution in [2.75, 3.05) is 13.1 Å². The zero-order chi connectivity index (χ0) is 16.1. The topological polar surface area (TPSA) is 66.8 Å². The van der Waals surface area contributed by atoms with E-state index in [0.29, 0.717) is 19.4 Å². The van der Waals surface area contributed by atoms with Crippen LogP contribution in [0.25, 0.3) is 0 Å². The van der Waals surface area contributed by atoms with E-state index < -0.39 is 23.1 Å². The average molecular weight is 299 g/mol. The van der Waals surface area contributed by atoms with Crippen molar-refractivity contribution in [1.82, 2.24) is 4.90 Å². The van der Waals surface area contributed by atoms with E-state index in [4.69, 9.17) is 4.74 Å². The Balaban J connectivity index is 2.74. The molecule has 1 aliphatic heterocycles. The number of aliphatic carboxylic acids is 1. The fourth-order valence-corrected chi connectivity index (χ4v) is 2.81. The Morgan fingerprint density at radius 1 is 1.29 bits per heavy atom. The lowest BCUT2D eigenvalue weighted by molar-refractivity contribution is -0.153. The van der Waals surface area contributed by atoms with Crippen LogP contribution in [-0.4, -0.2) is 40.8 Å². The molecule has 0 aliphatic carbocycles. The molecule has 1 N–H and O–H groups in total. The van der Waals surface area contributed by atoms with Crippen molar-refractivity contribution >= 4 is 12.1 Å². The second-order valence-electron chi connectivity index (χ2n) is 7.05. The molecule has 0 aromatic carbocycles. The number of unbranched alkanes of at least 4 members (excludes halogenated alkanes) is 2. The quantitative estimate of drug-likeness (QED) is 0.787. The van der Waals surface area contributed by atoms with Gasteiger partial charge in [-0.25, -0.2) is 4.79 Å². The van der Waals surface area contributed by atoms with E-state index in [1.807, 2.05) is 20.8 Å². The van der Waals surface area contributed by atoms with Crippen molar-refractivity contribution in [3.63, 3.8) is 0 Å². The minimum absolute atomic E-state index is 0.265. The third-order valence-electron chi connectivity index (χ3n) is 3.94. The third-order valence-corrected chi connectivity index (χ3v) is 3.94. The van der Waals surface area contributed by atoms with E-state index in [0.717, 1.165) is 25.7 Å². The highest BCUT2D eigenvalue weighted by atomic mass is 16.6. The molecular formula is C16H29NO4. The summed E-state index contributed by atoms with van der Waals surface area (Å²) in [4.78, 5) is 25.5. The highest BCUT2D eigenvalue weighted by Gasteiger charge is 2.43. The van der Waals surface area contributed by atoms with Crippen LogP contribution >= 0.6 is 0 Å². The number of amides is 1. The second kappa shape index (κ2) is 7.14. The molecule has 5 nitrogen and oxygen atoms in total. The van der Waals surface area contributed by atoms with Crippen molar-refractivity contribution in [2.24, 2.45) is 5.41 Å². The number of carboxylic acids is 1. The molecule has 0 aromatic heterocycles. The van der Waals surface area contributed by atoms with Crippen molar-refractivity contribution in [3.8, 4) is 0 Å². The van der Waals surface area contributed by atoms with E-state index in [1.165, 1.54) is 0 Å². The summed E-state index contributed by atoms with van der Waals surface area (Å²) < 4.78 is 5.37. The standard InChI is InChI=1S/C16H29NO4/c1-5-6-7-9-16(13(18)19)10-8-11-17(12-16)14(20)21-15(2,3)4/h5-12H2,1-4H3,(H,18,19). The summed E-state index contributed by atoms with van der Waals surface area (Å²) in [6, 6.07) is 0. The molecule has 5 heteroatoms. The van der Waals surface area contributed by atoms with Gasteiger partial charge < -0.3 is 14.7 Å². The normalized spacial score (nSPS) is 23.0. The van der Waals surface area contributed by atoms with Crippen LogP contribution in [0.2, 0.25) is 0 Å². The monoisotopic (exact) mass is 299 g/mol. The van der Waals surface area contributed by atoms with Crippen LogP contribution in [0.1, 0.15) is 66.2 Å². The average Bonchev–Trinajstić information content (AvgIpc) is 2.37. The van der Waals surface area contributed by atoms with Crippen LogP contribution in [0.3, 0.4) is 0 Å². The Kier molecular flexibility index (Phi) is 6.05. The van der Waals surface area contributed by atoms with Gasteiger partial charge in [0.25, 0.3) is 0 Å². The number of likely N-dealkylation sites (tertiary alicyclic amines) is 1. The van der Waals surface area contributed by atoms with Gasteiger partial charge in [0.15, 0.2) is 0 Å². The van der Waals surface area contributed by atoms with Gasteiger partial charge in [-0.05, 0) is 40.0 Å². The molecule has 122 valence electrons. The van der Waals surface area contributed by atoms with Gasteiger partial charge in [0, 0.05) is 13.1 Å². The summed E-state index contributed by atoms with van der Waals surface area (Å²) in [5, 5.41) is 9.64. The van der Waals surface area contributed by atoms with E-state index in [2.05, 4.69) is 6.92 Å². The summed E-state index contributed by atoms with van der Waals surface area (Å²) in [5.41, 5.74) is -1.35. The van der Waals surface area contributed by atoms with E-state index in [1.54, 1.807) is 4.90 Å². The van der Waals surface area contributed by atoms with Crippen LogP contribution in [0.5, 0.6) is 0 Å². The van der Waals surface area contributed by atoms with Crippen LogP contribution in [-0.2, 0) is 9.53 Å². The van der Waals surface area contributed by atoms with E-state index >= 15 is 0 Å². The maximum atomic E-state index is 12.2. The highest BCUT2D eigenvalue weighted by molar-refractivity contribution is 5.77. The lowest BCUT2D eigenvalue weighted by Gasteiger charge is -2.40. The lowest BCUT2D eigenvalue weighted by atomic mass is 9.76. The van der Waals surface area contributed by atoms with Crippen LogP contribution < -0.4 is 0 Å². The Labute approximate surface area is 127 Å². The first kappa shape index (κ1) is 17.8. The largest absolute Gasteiger partial charge is 0.481 e. The van der Waals surface area contributed by atoms with Crippen LogP contribution in [0.15, 0.2) is 0 Å². The molecule has 1 rings (SSSR count). The van der Waals surface area contributed by atoms with Crippen LogP contribution in [0, 0.1) is 5.41 Å². The molecule has 0 radical (unpaired) electrons. The van der Waals surface area contributed by atoms with E-state index in [9.17, 15) is 14.7 Å². The molecule has 0 saturated carbocycles. The lowest BCUT2D eigenvalue weighted by Crippen LogP contribution is -2.51. The molecule has 21 heavy (non-hydrogen) atoms. The summed E-state index contributed by atoms with van der Waals surface area (Å²) >= 11 is 0. The minimum Gasteiger partial charge on any atom is -0.481 e. The smallest absolute Gasteiger partial charge is 0.410 e. The Morgan fingerprint density at radius 3 is 2.48 bits per heavy atom. The second-order valence-corrected chi connectivity index (χ2v) is 7.05. The Bertz CT molecular complexity index is 375. The number of carboxylic acid groups (broad SMARTS) is 1. The molecule has 1 amide bonds. The number of hydrogen-bond acceptors (Lipinski definition) is 3. The number of nitrogens with zero attached hydrogens (tertiary/aromatic N) is 1. The van der Waals surface area contributed by atoms with Gasteiger partial charge in [0.05, 0.1) is 5.41 Å². The first-order chi connectivity index (χ1) is 9.70. The van der Waals surface area contributed by atoms with E-state index in [-0.39, 0.29) is 6.54 Å². The zero-order valence-corrected chi connectivity index (χ0v) is 13.8. The summed E-state index contributed by atoms with van der Waals surface area (Å²) in [6.45, 7) is 8.40. The maximum absolute atomic E-state index is 12.2. The molecule has 1 aliphatic rings. The maximum Gasteiger partial charge on any atom is 0.410 e. The SMILES string of the molecule is CCCCCC1(C(=O)O)CCCN(C(=O)OC(C)(C)C)C1. The number of ether oxygens (including phenoxy) is 1. The first-order valence-electron chi connectivity index (χ1n) is 7.91. The van der Waals surface area contributed by atoms with Crippen molar-refractivity contribution in [1.29, 1.82) is 0 Å². The van der Waals surface area contributed by atoms with Gasteiger partial charge in [-0.2, -0.15) is 0 Å². The zero-order valence-electron chi connectivity index (χ0n) is 13.8. The molecule has 1 unspecified atom stereocenters.